The number of likely N-dealkylation sites (tertiary alicyclic amines) is 1. The van der Waals surface area contributed by atoms with Crippen molar-refractivity contribution in [3.05, 3.63) is 0 Å². The summed E-state index contributed by atoms with van der Waals surface area (Å²) in [6.45, 7) is 3.86. The Hall–Kier alpha value is -1.10. The molecule has 18 heavy (non-hydrogen) atoms. The summed E-state index contributed by atoms with van der Waals surface area (Å²) in [7, 11) is 0. The van der Waals surface area contributed by atoms with Gasteiger partial charge < -0.3 is 15.3 Å². The van der Waals surface area contributed by atoms with E-state index in [0.29, 0.717) is 25.9 Å². The summed E-state index contributed by atoms with van der Waals surface area (Å²) < 4.78 is 0. The summed E-state index contributed by atoms with van der Waals surface area (Å²) in [5.41, 5.74) is -0.730. The number of carboxylic acids is 1. The summed E-state index contributed by atoms with van der Waals surface area (Å²) in [6.07, 6.45) is 3.97. The van der Waals surface area contributed by atoms with Crippen LogP contribution < -0.4 is 5.32 Å². The molecule has 2 rings (SSSR count). The van der Waals surface area contributed by atoms with Gasteiger partial charge in [0.05, 0.1) is 11.5 Å². The van der Waals surface area contributed by atoms with E-state index in [9.17, 15) is 14.7 Å². The first-order valence-electron chi connectivity index (χ1n) is 6.84. The SMILES string of the molecule is CCC1(C(=O)O)CCCN(C(=O)C2CCCN2)C1. The molecule has 2 saturated heterocycles. The molecule has 5 nitrogen and oxygen atoms in total. The number of carboxylic acid groups (broad SMARTS) is 1. The second kappa shape index (κ2) is 5.26. The second-order valence-electron chi connectivity index (χ2n) is 5.45. The minimum absolute atomic E-state index is 0.0891. The normalized spacial score (nSPS) is 32.5. The monoisotopic (exact) mass is 254 g/mol. The lowest BCUT2D eigenvalue weighted by Gasteiger charge is -2.40. The Kier molecular flexibility index (Phi) is 3.90. The standard InChI is InChI=1S/C13H22N2O3/c1-2-13(12(17)18)6-4-8-15(9-13)11(16)10-5-3-7-14-10/h10,14H,2-9H2,1H3,(H,17,18). The molecule has 0 aromatic heterocycles. The lowest BCUT2D eigenvalue weighted by molar-refractivity contribution is -0.155. The smallest absolute Gasteiger partial charge is 0.311 e. The van der Waals surface area contributed by atoms with Gasteiger partial charge in [-0.1, -0.05) is 6.92 Å². The molecule has 0 aliphatic carbocycles. The maximum atomic E-state index is 12.3. The molecule has 2 fully saturated rings. The first-order chi connectivity index (χ1) is 8.59. The molecule has 5 heteroatoms. The van der Waals surface area contributed by atoms with Crippen LogP contribution in [0.25, 0.3) is 0 Å². The number of aliphatic carboxylic acids is 1. The summed E-state index contributed by atoms with van der Waals surface area (Å²) in [4.78, 5) is 25.5. The Morgan fingerprint density at radius 3 is 2.78 bits per heavy atom. The van der Waals surface area contributed by atoms with Gasteiger partial charge in [-0.2, -0.15) is 0 Å². The number of amides is 1. The number of rotatable bonds is 3. The Morgan fingerprint density at radius 2 is 2.22 bits per heavy atom. The zero-order valence-electron chi connectivity index (χ0n) is 10.9. The average Bonchev–Trinajstić information content (AvgIpc) is 2.91. The zero-order valence-corrected chi connectivity index (χ0v) is 10.9. The Morgan fingerprint density at radius 1 is 1.44 bits per heavy atom. The number of nitrogens with zero attached hydrogens (tertiary/aromatic N) is 1. The summed E-state index contributed by atoms with van der Waals surface area (Å²) in [5.74, 6) is -0.673. The maximum Gasteiger partial charge on any atom is 0.311 e. The molecule has 2 aliphatic heterocycles. The second-order valence-corrected chi connectivity index (χ2v) is 5.45. The Bertz CT molecular complexity index is 339. The van der Waals surface area contributed by atoms with Gasteiger partial charge in [-0.3, -0.25) is 9.59 Å². The van der Waals surface area contributed by atoms with Crippen molar-refractivity contribution >= 4 is 11.9 Å². The molecule has 0 saturated carbocycles. The number of carbonyl (C=O) groups excluding carboxylic acids is 1. The van der Waals surface area contributed by atoms with Crippen molar-refractivity contribution in [1.29, 1.82) is 0 Å². The summed E-state index contributed by atoms with van der Waals surface area (Å²) in [5, 5.41) is 12.6. The van der Waals surface area contributed by atoms with Gasteiger partial charge in [0.15, 0.2) is 0 Å². The first kappa shape index (κ1) is 13.3. The van der Waals surface area contributed by atoms with Crippen LogP contribution in [0.15, 0.2) is 0 Å². The molecular weight excluding hydrogens is 232 g/mol. The average molecular weight is 254 g/mol. The fraction of sp³-hybridized carbons (Fsp3) is 0.846. The summed E-state index contributed by atoms with van der Waals surface area (Å²) in [6, 6.07) is -0.0912. The van der Waals surface area contributed by atoms with Gasteiger partial charge in [0.25, 0.3) is 0 Å². The molecule has 0 aromatic rings. The van der Waals surface area contributed by atoms with E-state index in [1.54, 1.807) is 4.90 Å². The Labute approximate surface area is 108 Å². The molecule has 0 spiro atoms. The van der Waals surface area contributed by atoms with E-state index in [1.807, 2.05) is 6.92 Å². The molecule has 0 radical (unpaired) electrons. The predicted molar refractivity (Wildman–Crippen MR) is 67.2 cm³/mol. The van der Waals surface area contributed by atoms with Crippen molar-refractivity contribution in [2.75, 3.05) is 19.6 Å². The number of carbonyl (C=O) groups is 2. The van der Waals surface area contributed by atoms with E-state index in [4.69, 9.17) is 0 Å². The molecule has 0 aromatic carbocycles. The van der Waals surface area contributed by atoms with Crippen LogP contribution in [0.1, 0.15) is 39.0 Å². The van der Waals surface area contributed by atoms with Crippen molar-refractivity contribution in [2.24, 2.45) is 5.41 Å². The topological polar surface area (TPSA) is 69.6 Å². The predicted octanol–water partition coefficient (Wildman–Crippen LogP) is 0.842. The van der Waals surface area contributed by atoms with Gasteiger partial charge >= 0.3 is 5.97 Å². The van der Waals surface area contributed by atoms with Crippen LogP contribution in [0.2, 0.25) is 0 Å². The van der Waals surface area contributed by atoms with Crippen LogP contribution in [0.4, 0.5) is 0 Å². The van der Waals surface area contributed by atoms with Crippen molar-refractivity contribution < 1.29 is 14.7 Å². The highest BCUT2D eigenvalue weighted by molar-refractivity contribution is 5.83. The third-order valence-electron chi connectivity index (χ3n) is 4.38. The van der Waals surface area contributed by atoms with Gasteiger partial charge in [0.2, 0.25) is 5.91 Å². The van der Waals surface area contributed by atoms with E-state index in [0.717, 1.165) is 25.8 Å². The Balaban J connectivity index is 2.05. The van der Waals surface area contributed by atoms with Gasteiger partial charge in [-0.15, -0.1) is 0 Å². The number of hydrogen-bond donors (Lipinski definition) is 2. The van der Waals surface area contributed by atoms with Gasteiger partial charge in [-0.05, 0) is 38.6 Å². The van der Waals surface area contributed by atoms with Gasteiger partial charge in [0.1, 0.15) is 0 Å². The minimum atomic E-state index is -0.762. The van der Waals surface area contributed by atoms with Crippen LogP contribution in [0.5, 0.6) is 0 Å². The summed E-state index contributed by atoms with van der Waals surface area (Å²) >= 11 is 0. The van der Waals surface area contributed by atoms with Crippen molar-refractivity contribution in [2.45, 2.75) is 45.1 Å². The number of hydrogen-bond acceptors (Lipinski definition) is 3. The highest BCUT2D eigenvalue weighted by Crippen LogP contribution is 2.34. The third-order valence-corrected chi connectivity index (χ3v) is 4.38. The third kappa shape index (κ3) is 2.36. The highest BCUT2D eigenvalue weighted by atomic mass is 16.4. The quantitative estimate of drug-likeness (QED) is 0.783. The first-order valence-corrected chi connectivity index (χ1v) is 6.84. The van der Waals surface area contributed by atoms with E-state index < -0.39 is 11.4 Å². The van der Waals surface area contributed by atoms with Crippen LogP contribution in [-0.2, 0) is 9.59 Å². The molecule has 102 valence electrons. The zero-order chi connectivity index (χ0) is 13.2. The highest BCUT2D eigenvalue weighted by Gasteiger charge is 2.43. The lowest BCUT2D eigenvalue weighted by Crippen LogP contribution is -2.53. The number of nitrogens with one attached hydrogen (secondary N) is 1. The largest absolute Gasteiger partial charge is 0.481 e. The maximum absolute atomic E-state index is 12.3. The molecule has 0 bridgehead atoms. The van der Waals surface area contributed by atoms with Gasteiger partial charge in [-0.25, -0.2) is 0 Å². The van der Waals surface area contributed by atoms with E-state index in [1.165, 1.54) is 0 Å². The molecule has 2 heterocycles. The minimum Gasteiger partial charge on any atom is -0.481 e. The van der Waals surface area contributed by atoms with Crippen LogP contribution >= 0.6 is 0 Å². The molecule has 2 unspecified atom stereocenters. The van der Waals surface area contributed by atoms with Crippen molar-refractivity contribution in [3.63, 3.8) is 0 Å². The molecule has 2 atom stereocenters. The molecular formula is C13H22N2O3. The van der Waals surface area contributed by atoms with Crippen LogP contribution in [0.3, 0.4) is 0 Å². The van der Waals surface area contributed by atoms with Crippen molar-refractivity contribution in [3.8, 4) is 0 Å². The molecule has 2 aliphatic rings. The fourth-order valence-corrected chi connectivity index (χ4v) is 3.05. The van der Waals surface area contributed by atoms with Crippen LogP contribution in [-0.4, -0.2) is 47.6 Å². The van der Waals surface area contributed by atoms with Crippen molar-refractivity contribution in [1.82, 2.24) is 10.2 Å². The number of piperidine rings is 1. The van der Waals surface area contributed by atoms with Crippen LogP contribution in [0, 0.1) is 5.41 Å². The fourth-order valence-electron chi connectivity index (χ4n) is 3.05. The van der Waals surface area contributed by atoms with E-state index in [2.05, 4.69) is 5.32 Å². The van der Waals surface area contributed by atoms with Gasteiger partial charge in [0, 0.05) is 13.1 Å². The van der Waals surface area contributed by atoms with E-state index in [-0.39, 0.29) is 11.9 Å². The molecule has 2 N–H and O–H groups in total. The molecule has 1 amide bonds. The lowest BCUT2D eigenvalue weighted by atomic mass is 9.77. The van der Waals surface area contributed by atoms with E-state index >= 15 is 0 Å².